The van der Waals surface area contributed by atoms with Crippen molar-refractivity contribution in [2.75, 3.05) is 26.8 Å². The summed E-state index contributed by atoms with van der Waals surface area (Å²) in [6.45, 7) is 8.25. The minimum Gasteiger partial charge on any atom is -0.381 e. The van der Waals surface area contributed by atoms with Crippen molar-refractivity contribution in [3.8, 4) is 0 Å². The van der Waals surface area contributed by atoms with Gasteiger partial charge in [-0.25, -0.2) is 0 Å². The van der Waals surface area contributed by atoms with Crippen molar-refractivity contribution in [1.82, 2.24) is 4.90 Å². The Labute approximate surface area is 121 Å². The summed E-state index contributed by atoms with van der Waals surface area (Å²) in [6.07, 6.45) is 2.05. The number of aryl methyl sites for hydroxylation is 3. The summed E-state index contributed by atoms with van der Waals surface area (Å²) in [7, 11) is 2.05. The second-order valence-corrected chi connectivity index (χ2v) is 5.96. The van der Waals surface area contributed by atoms with Gasteiger partial charge in [0.15, 0.2) is 5.78 Å². The van der Waals surface area contributed by atoms with E-state index in [0.717, 1.165) is 42.7 Å². The monoisotopic (exact) mass is 275 g/mol. The minimum absolute atomic E-state index is 0.231. The third-order valence-corrected chi connectivity index (χ3v) is 4.16. The van der Waals surface area contributed by atoms with E-state index in [4.69, 9.17) is 4.74 Å². The number of carbonyl (C=O) groups is 1. The van der Waals surface area contributed by atoms with Gasteiger partial charge < -0.3 is 4.74 Å². The molecule has 0 saturated carbocycles. The van der Waals surface area contributed by atoms with Crippen molar-refractivity contribution in [2.45, 2.75) is 39.7 Å². The summed E-state index contributed by atoms with van der Waals surface area (Å²) in [5, 5.41) is 0. The van der Waals surface area contributed by atoms with E-state index in [2.05, 4.69) is 24.0 Å². The number of ketones is 1. The topological polar surface area (TPSA) is 29.5 Å². The number of likely N-dealkylation sites (N-methyl/N-ethyl adjacent to an activating group) is 1. The Kier molecular flexibility index (Phi) is 4.95. The van der Waals surface area contributed by atoms with E-state index >= 15 is 0 Å². The van der Waals surface area contributed by atoms with Crippen LogP contribution in [0.25, 0.3) is 0 Å². The van der Waals surface area contributed by atoms with Crippen molar-refractivity contribution in [1.29, 1.82) is 0 Å². The molecule has 1 fully saturated rings. The van der Waals surface area contributed by atoms with Gasteiger partial charge in [0, 0.05) is 24.8 Å². The molecule has 0 radical (unpaired) electrons. The zero-order valence-corrected chi connectivity index (χ0v) is 13.0. The molecule has 3 heteroatoms. The van der Waals surface area contributed by atoms with E-state index in [0.29, 0.717) is 12.6 Å². The van der Waals surface area contributed by atoms with Crippen molar-refractivity contribution < 1.29 is 9.53 Å². The molecule has 1 saturated heterocycles. The predicted octanol–water partition coefficient (Wildman–Crippen LogP) is 2.91. The van der Waals surface area contributed by atoms with E-state index in [-0.39, 0.29) is 5.78 Å². The number of hydrogen-bond donors (Lipinski definition) is 0. The lowest BCUT2D eigenvalue weighted by atomic mass is 9.96. The molecule has 0 spiro atoms. The SMILES string of the molecule is Cc1cc(C)c(C(=O)CN(C)C2CCOCC2)c(C)c1. The van der Waals surface area contributed by atoms with Gasteiger partial charge >= 0.3 is 0 Å². The summed E-state index contributed by atoms with van der Waals surface area (Å²) in [6, 6.07) is 4.65. The van der Waals surface area contributed by atoms with Crippen LogP contribution in [-0.4, -0.2) is 43.5 Å². The van der Waals surface area contributed by atoms with Crippen LogP contribution in [0.4, 0.5) is 0 Å². The lowest BCUT2D eigenvalue weighted by molar-refractivity contribution is 0.0418. The van der Waals surface area contributed by atoms with Gasteiger partial charge in [-0.2, -0.15) is 0 Å². The number of hydrogen-bond acceptors (Lipinski definition) is 3. The summed E-state index contributed by atoms with van der Waals surface area (Å²) < 4.78 is 5.38. The average Bonchev–Trinajstić information content (AvgIpc) is 2.38. The molecular formula is C17H25NO2. The van der Waals surface area contributed by atoms with E-state index in [1.807, 2.05) is 20.9 Å². The minimum atomic E-state index is 0.231. The lowest BCUT2D eigenvalue weighted by Crippen LogP contribution is -2.39. The molecule has 1 aliphatic rings. The molecule has 110 valence electrons. The quantitative estimate of drug-likeness (QED) is 0.791. The maximum atomic E-state index is 12.6. The first kappa shape index (κ1) is 15.2. The number of carbonyl (C=O) groups excluding carboxylic acids is 1. The van der Waals surface area contributed by atoms with Gasteiger partial charge in [0.2, 0.25) is 0 Å². The van der Waals surface area contributed by atoms with Gasteiger partial charge in [0.25, 0.3) is 0 Å². The smallest absolute Gasteiger partial charge is 0.177 e. The maximum absolute atomic E-state index is 12.6. The fourth-order valence-electron chi connectivity index (χ4n) is 3.18. The fraction of sp³-hybridized carbons (Fsp3) is 0.588. The average molecular weight is 275 g/mol. The lowest BCUT2D eigenvalue weighted by Gasteiger charge is -2.30. The van der Waals surface area contributed by atoms with Gasteiger partial charge in [-0.3, -0.25) is 9.69 Å². The largest absolute Gasteiger partial charge is 0.381 e. The van der Waals surface area contributed by atoms with Crippen LogP contribution in [0.1, 0.15) is 39.9 Å². The summed E-state index contributed by atoms with van der Waals surface area (Å²) in [5.41, 5.74) is 4.30. The van der Waals surface area contributed by atoms with Crippen LogP contribution in [0.2, 0.25) is 0 Å². The number of nitrogens with zero attached hydrogens (tertiary/aromatic N) is 1. The molecule has 0 aliphatic carbocycles. The molecular weight excluding hydrogens is 250 g/mol. The zero-order valence-electron chi connectivity index (χ0n) is 13.0. The van der Waals surface area contributed by atoms with Crippen molar-refractivity contribution >= 4 is 5.78 Å². The maximum Gasteiger partial charge on any atom is 0.177 e. The molecule has 1 aliphatic heterocycles. The molecule has 2 rings (SSSR count). The molecule has 20 heavy (non-hydrogen) atoms. The summed E-state index contributed by atoms with van der Waals surface area (Å²) in [4.78, 5) is 14.8. The summed E-state index contributed by atoms with van der Waals surface area (Å²) >= 11 is 0. The van der Waals surface area contributed by atoms with Crippen molar-refractivity contribution in [3.05, 3.63) is 34.4 Å². The molecule has 3 nitrogen and oxygen atoms in total. The number of rotatable bonds is 4. The van der Waals surface area contributed by atoms with Gasteiger partial charge in [0.05, 0.1) is 6.54 Å². The van der Waals surface area contributed by atoms with Crippen molar-refractivity contribution in [3.63, 3.8) is 0 Å². The molecule has 1 aromatic carbocycles. The fourth-order valence-corrected chi connectivity index (χ4v) is 3.18. The molecule has 0 N–H and O–H groups in total. The Morgan fingerprint density at radius 2 is 1.75 bits per heavy atom. The molecule has 0 unspecified atom stereocenters. The van der Waals surface area contributed by atoms with Crippen LogP contribution < -0.4 is 0 Å². The first-order valence-electron chi connectivity index (χ1n) is 7.38. The Morgan fingerprint density at radius 3 is 2.30 bits per heavy atom. The van der Waals surface area contributed by atoms with Crippen LogP contribution in [0.3, 0.4) is 0 Å². The summed E-state index contributed by atoms with van der Waals surface area (Å²) in [5.74, 6) is 0.231. The first-order valence-corrected chi connectivity index (χ1v) is 7.38. The van der Waals surface area contributed by atoms with Crippen LogP contribution in [0, 0.1) is 20.8 Å². The van der Waals surface area contributed by atoms with E-state index in [1.54, 1.807) is 0 Å². The number of benzene rings is 1. The number of Topliss-reactive ketones (excluding diaryl/α,β-unsaturated/α-hetero) is 1. The molecule has 1 aromatic rings. The van der Waals surface area contributed by atoms with Gasteiger partial charge in [-0.1, -0.05) is 17.7 Å². The van der Waals surface area contributed by atoms with Crippen LogP contribution >= 0.6 is 0 Å². The highest BCUT2D eigenvalue weighted by atomic mass is 16.5. The van der Waals surface area contributed by atoms with Gasteiger partial charge in [-0.05, 0) is 51.8 Å². The van der Waals surface area contributed by atoms with Crippen LogP contribution in [0.5, 0.6) is 0 Å². The first-order chi connectivity index (χ1) is 9.49. The second kappa shape index (κ2) is 6.51. The standard InChI is InChI=1S/C17H25NO2/c1-12-9-13(2)17(14(3)10-12)16(19)11-18(4)15-5-7-20-8-6-15/h9-10,15H,5-8,11H2,1-4H3. The molecule has 1 heterocycles. The third-order valence-electron chi connectivity index (χ3n) is 4.16. The highest BCUT2D eigenvalue weighted by Crippen LogP contribution is 2.19. The Balaban J connectivity index is 2.08. The third kappa shape index (κ3) is 3.47. The Morgan fingerprint density at radius 1 is 1.20 bits per heavy atom. The van der Waals surface area contributed by atoms with E-state index in [1.165, 1.54) is 5.56 Å². The zero-order chi connectivity index (χ0) is 14.7. The molecule has 0 amide bonds. The molecule has 0 bridgehead atoms. The normalized spacial score (nSPS) is 16.6. The van der Waals surface area contributed by atoms with E-state index in [9.17, 15) is 4.79 Å². The highest BCUT2D eigenvalue weighted by Gasteiger charge is 2.22. The van der Waals surface area contributed by atoms with E-state index < -0.39 is 0 Å². The second-order valence-electron chi connectivity index (χ2n) is 5.96. The molecule has 0 aromatic heterocycles. The predicted molar refractivity (Wildman–Crippen MR) is 81.5 cm³/mol. The highest BCUT2D eigenvalue weighted by molar-refractivity contribution is 6.00. The Hall–Kier alpha value is -1.19. The van der Waals surface area contributed by atoms with Gasteiger partial charge in [-0.15, -0.1) is 0 Å². The van der Waals surface area contributed by atoms with Crippen LogP contribution in [0.15, 0.2) is 12.1 Å². The Bertz CT molecular complexity index is 467. The molecule has 0 atom stereocenters. The van der Waals surface area contributed by atoms with Crippen molar-refractivity contribution in [2.24, 2.45) is 0 Å². The van der Waals surface area contributed by atoms with Crippen LogP contribution in [-0.2, 0) is 4.74 Å². The van der Waals surface area contributed by atoms with Gasteiger partial charge in [0.1, 0.15) is 0 Å². The number of ether oxygens (including phenoxy) is 1.